The van der Waals surface area contributed by atoms with E-state index in [0.717, 1.165) is 24.6 Å². The molecule has 5 heterocycles. The van der Waals surface area contributed by atoms with Crippen LogP contribution < -0.4 is 15.4 Å². The molecule has 52 heavy (non-hydrogen) atoms. The first-order valence-corrected chi connectivity index (χ1v) is 17.4. The van der Waals surface area contributed by atoms with E-state index in [1.54, 1.807) is 13.0 Å². The van der Waals surface area contributed by atoms with Crippen molar-refractivity contribution < 1.29 is 40.3 Å². The second-order valence-corrected chi connectivity index (χ2v) is 14.3. The van der Waals surface area contributed by atoms with E-state index in [4.69, 9.17) is 10.5 Å². The number of nitrogens with zero attached hydrogens (tertiary/aromatic N) is 6. The number of fused-ring (bicyclic) bond motifs is 3. The van der Waals surface area contributed by atoms with Gasteiger partial charge in [0, 0.05) is 42.4 Å². The van der Waals surface area contributed by atoms with E-state index >= 15 is 22.0 Å². The highest BCUT2D eigenvalue weighted by Crippen LogP contribution is 2.48. The number of carbonyl (C=O) groups excluding carboxylic acids is 1. The van der Waals surface area contributed by atoms with Crippen molar-refractivity contribution in [2.45, 2.75) is 56.3 Å². The Hall–Kier alpha value is -4.69. The van der Waals surface area contributed by atoms with E-state index in [0.29, 0.717) is 30.4 Å². The summed E-state index contributed by atoms with van der Waals surface area (Å²) < 4.78 is 113. The number of aromatic nitrogens is 2. The fourth-order valence-electron chi connectivity index (χ4n) is 8.01. The predicted octanol–water partition coefficient (Wildman–Crippen LogP) is 6.78. The number of thiophene rings is 1. The van der Waals surface area contributed by atoms with Gasteiger partial charge in [0.05, 0.1) is 34.0 Å². The maximum absolute atomic E-state index is 17.2. The van der Waals surface area contributed by atoms with Gasteiger partial charge >= 0.3 is 12.2 Å². The summed E-state index contributed by atoms with van der Waals surface area (Å²) in [4.78, 5) is 25.6. The molecule has 0 unspecified atom stereocenters. The zero-order valence-corrected chi connectivity index (χ0v) is 28.6. The molecule has 2 aromatic carbocycles. The highest BCUT2D eigenvalue weighted by atomic mass is 32.1. The summed E-state index contributed by atoms with van der Waals surface area (Å²) >= 11 is 0.641. The molecule has 17 heteroatoms. The number of alkyl halides is 5. The van der Waals surface area contributed by atoms with Crippen molar-refractivity contribution >= 4 is 49.1 Å². The number of nitrogen functional groups attached to an aromatic ring is 1. The number of rotatable bonds is 8. The Balaban J connectivity index is 1.47. The quantitative estimate of drug-likeness (QED) is 0.155. The van der Waals surface area contributed by atoms with Gasteiger partial charge in [-0.05, 0) is 50.1 Å². The van der Waals surface area contributed by atoms with Gasteiger partial charge in [0.25, 0.3) is 0 Å². The smallest absolute Gasteiger partial charge is 0.417 e. The fraction of sp³-hybridized carbons (Fsp3) is 0.429. The maximum Gasteiger partial charge on any atom is 0.417 e. The average Bonchev–Trinajstić information content (AvgIpc) is 3.85. The summed E-state index contributed by atoms with van der Waals surface area (Å²) in [6, 6.07) is 2.69. The van der Waals surface area contributed by atoms with E-state index in [1.165, 1.54) is 9.80 Å². The summed E-state index contributed by atoms with van der Waals surface area (Å²) in [5.41, 5.74) is 1.37. The Bertz CT molecular complexity index is 2150. The van der Waals surface area contributed by atoms with Gasteiger partial charge in [-0.2, -0.15) is 28.4 Å². The number of anilines is 2. The normalized spacial score (nSPS) is 23.4. The number of likely N-dealkylation sites (N-methyl/N-ethyl adjacent to an activating group) is 1. The fourth-order valence-corrected chi connectivity index (χ4v) is 8.96. The minimum absolute atomic E-state index is 0.0307. The van der Waals surface area contributed by atoms with Crippen LogP contribution in [0.25, 0.3) is 32.1 Å². The third-order valence-electron chi connectivity index (χ3n) is 10.3. The molecule has 0 bridgehead atoms. The van der Waals surface area contributed by atoms with Crippen LogP contribution in [0.4, 0.5) is 41.6 Å². The lowest BCUT2D eigenvalue weighted by Crippen LogP contribution is -2.44. The van der Waals surface area contributed by atoms with Crippen molar-refractivity contribution in [3.8, 4) is 23.2 Å². The third-order valence-corrected chi connectivity index (χ3v) is 11.4. The number of hydrogen-bond acceptors (Lipinski definition) is 9. The van der Waals surface area contributed by atoms with Gasteiger partial charge in [-0.3, -0.25) is 9.69 Å². The van der Waals surface area contributed by atoms with Gasteiger partial charge in [-0.15, -0.1) is 11.3 Å². The second-order valence-electron chi connectivity index (χ2n) is 13.3. The largest absolute Gasteiger partial charge is 0.461 e. The molecule has 9 nitrogen and oxygen atoms in total. The Morgan fingerprint density at radius 2 is 2.02 bits per heavy atom. The monoisotopic (exact) mass is 747 g/mol. The van der Waals surface area contributed by atoms with E-state index in [9.17, 15) is 18.8 Å². The molecule has 2 aromatic heterocycles. The molecule has 1 amide bonds. The Morgan fingerprint density at radius 1 is 1.25 bits per heavy atom. The van der Waals surface area contributed by atoms with Crippen molar-refractivity contribution in [3.63, 3.8) is 0 Å². The van der Waals surface area contributed by atoms with Crippen LogP contribution in [0.1, 0.15) is 37.3 Å². The van der Waals surface area contributed by atoms with Crippen LogP contribution in [0.2, 0.25) is 0 Å². The number of likely N-dealkylation sites (tertiary alicyclic amines) is 1. The van der Waals surface area contributed by atoms with Gasteiger partial charge in [0.1, 0.15) is 47.2 Å². The summed E-state index contributed by atoms with van der Waals surface area (Å²) in [6.45, 7) is 5.26. The van der Waals surface area contributed by atoms with Crippen molar-refractivity contribution in [1.82, 2.24) is 19.8 Å². The van der Waals surface area contributed by atoms with Crippen LogP contribution in [0.15, 0.2) is 30.9 Å². The van der Waals surface area contributed by atoms with Gasteiger partial charge in [-0.25, -0.2) is 17.6 Å². The molecule has 0 aliphatic carbocycles. The van der Waals surface area contributed by atoms with E-state index in [1.807, 2.05) is 4.90 Å². The van der Waals surface area contributed by atoms with E-state index in [2.05, 4.69) is 16.5 Å². The number of ether oxygens (including phenoxy) is 1. The molecule has 3 fully saturated rings. The first-order valence-electron chi connectivity index (χ1n) is 16.6. The number of hydrogen-bond donors (Lipinski definition) is 1. The van der Waals surface area contributed by atoms with Gasteiger partial charge in [0.2, 0.25) is 5.91 Å². The molecule has 3 saturated heterocycles. The van der Waals surface area contributed by atoms with Crippen LogP contribution in [-0.4, -0.2) is 88.9 Å². The minimum atomic E-state index is -5.21. The standard InChI is InChI=1S/C35H32F7N7O2S/c1-3-25(50)47-14-23(38)24(15-47)49(4-2)32-19-10-21(35(40,41)42)27(18-6-7-22(37)30-26(18)20(12-43)31(44)52-30)28(39)29(19)45-33(46-32)51-16-34-8-5-9-48(34)13-17(36)11-34/h3,6-7,10,17,23-24H,1,4-5,8-9,11,13-16,44H2,2H3/t17-,23-,24+,34+/m1/s1. The highest BCUT2D eigenvalue weighted by Gasteiger charge is 2.50. The van der Waals surface area contributed by atoms with Crippen molar-refractivity contribution in [2.75, 3.05) is 50.0 Å². The highest BCUT2D eigenvalue weighted by molar-refractivity contribution is 7.23. The topological polar surface area (TPSA) is 112 Å². The Labute approximate surface area is 297 Å². The van der Waals surface area contributed by atoms with Crippen LogP contribution in [-0.2, 0) is 11.0 Å². The summed E-state index contributed by atoms with van der Waals surface area (Å²) in [7, 11) is 0. The lowest BCUT2D eigenvalue weighted by Gasteiger charge is -2.32. The summed E-state index contributed by atoms with van der Waals surface area (Å²) in [5.74, 6) is -3.17. The van der Waals surface area contributed by atoms with E-state index < -0.39 is 81.2 Å². The molecule has 2 N–H and O–H groups in total. The van der Waals surface area contributed by atoms with Gasteiger partial charge in [-0.1, -0.05) is 12.6 Å². The second kappa shape index (κ2) is 13.1. The van der Waals surface area contributed by atoms with E-state index in [-0.39, 0.29) is 65.7 Å². The Kier molecular flexibility index (Phi) is 8.97. The number of benzene rings is 2. The first-order chi connectivity index (χ1) is 24.7. The molecular formula is C35H32F7N7O2S. The zero-order chi connectivity index (χ0) is 37.3. The van der Waals surface area contributed by atoms with Gasteiger partial charge in [0.15, 0.2) is 5.82 Å². The molecule has 0 spiro atoms. The number of halogens is 7. The zero-order valence-electron chi connectivity index (χ0n) is 27.7. The molecule has 3 aliphatic heterocycles. The molecular weight excluding hydrogens is 715 g/mol. The molecule has 3 aliphatic rings. The average molecular weight is 748 g/mol. The number of carbonyl (C=O) groups is 1. The molecule has 4 atom stereocenters. The lowest BCUT2D eigenvalue weighted by molar-refractivity contribution is -0.137. The van der Waals surface area contributed by atoms with Gasteiger partial charge < -0.3 is 20.3 Å². The predicted molar refractivity (Wildman–Crippen MR) is 181 cm³/mol. The maximum atomic E-state index is 17.2. The summed E-state index contributed by atoms with van der Waals surface area (Å²) in [5, 5.41) is 8.94. The molecule has 0 saturated carbocycles. The first kappa shape index (κ1) is 35.7. The van der Waals surface area contributed by atoms with Crippen molar-refractivity contribution in [3.05, 3.63) is 53.6 Å². The van der Waals surface area contributed by atoms with Crippen LogP contribution in [0, 0.1) is 23.0 Å². The number of nitriles is 1. The van der Waals surface area contributed by atoms with Crippen LogP contribution in [0.3, 0.4) is 0 Å². The van der Waals surface area contributed by atoms with Crippen LogP contribution in [0.5, 0.6) is 6.01 Å². The summed E-state index contributed by atoms with van der Waals surface area (Å²) in [6.07, 6.45) is -5.40. The number of amides is 1. The minimum Gasteiger partial charge on any atom is -0.461 e. The Morgan fingerprint density at radius 3 is 2.71 bits per heavy atom. The molecule has 0 radical (unpaired) electrons. The number of nitrogens with two attached hydrogens (primary N) is 1. The molecule has 7 rings (SSSR count). The molecule has 274 valence electrons. The SMILES string of the molecule is C=CC(=O)N1C[C@@H](F)[C@@H](N(CC)c2nc(OC[C@@]34CCCN3C[C@H](F)C4)nc3c(F)c(-c4ccc(F)c5sc(N)c(C#N)c45)c(C(F)(F)F)cc23)C1. The third kappa shape index (κ3) is 5.76. The lowest BCUT2D eigenvalue weighted by atomic mass is 9.92. The molecule has 4 aromatic rings. The van der Waals surface area contributed by atoms with Crippen LogP contribution >= 0.6 is 11.3 Å². The van der Waals surface area contributed by atoms with Crippen molar-refractivity contribution in [1.29, 1.82) is 5.26 Å². The van der Waals surface area contributed by atoms with Crippen molar-refractivity contribution in [2.24, 2.45) is 0 Å².